The lowest BCUT2D eigenvalue weighted by Gasteiger charge is -2.26. The van der Waals surface area contributed by atoms with Gasteiger partial charge in [-0.2, -0.15) is 0 Å². The van der Waals surface area contributed by atoms with E-state index in [1.165, 1.54) is 12.8 Å². The predicted octanol–water partition coefficient (Wildman–Crippen LogP) is 1.30. The average Bonchev–Trinajstić information content (AvgIpc) is 3.36. The molecule has 0 aromatic carbocycles. The van der Waals surface area contributed by atoms with Gasteiger partial charge in [-0.3, -0.25) is 0 Å². The third-order valence-corrected chi connectivity index (χ3v) is 7.74. The summed E-state index contributed by atoms with van der Waals surface area (Å²) in [4.78, 5) is 19.7. The van der Waals surface area contributed by atoms with E-state index in [1.807, 2.05) is 11.8 Å². The summed E-state index contributed by atoms with van der Waals surface area (Å²) in [6.07, 6.45) is 7.71. The molecule has 1 N–H and O–H groups in total. The van der Waals surface area contributed by atoms with E-state index < -0.39 is 15.1 Å². The van der Waals surface area contributed by atoms with Crippen molar-refractivity contribution in [1.29, 1.82) is 0 Å². The van der Waals surface area contributed by atoms with Crippen molar-refractivity contribution in [2.24, 2.45) is 5.92 Å². The van der Waals surface area contributed by atoms with Crippen LogP contribution in [-0.2, 0) is 15.6 Å². The third kappa shape index (κ3) is 3.13. The highest BCUT2D eigenvalue weighted by Crippen LogP contribution is 2.40. The molecule has 0 unspecified atom stereocenters. The summed E-state index contributed by atoms with van der Waals surface area (Å²) in [5, 5.41) is 2.83. The maximum Gasteiger partial charge on any atom is 0.225 e. The fraction of sp³-hybridized carbons (Fsp3) is 0.556. The second kappa shape index (κ2) is 6.12. The van der Waals surface area contributed by atoms with Crippen LogP contribution in [0.4, 0.5) is 11.9 Å². The highest BCUT2D eigenvalue weighted by atomic mass is 32.2. The summed E-state index contributed by atoms with van der Waals surface area (Å²) in [5.41, 5.74) is 2.56. The summed E-state index contributed by atoms with van der Waals surface area (Å²) in [5.74, 6) is 1.73. The van der Waals surface area contributed by atoms with Crippen LogP contribution < -0.4 is 10.2 Å². The molecule has 0 radical (unpaired) electrons. The number of hydrogen-bond acceptors (Lipinski definition) is 8. The van der Waals surface area contributed by atoms with E-state index in [-0.39, 0.29) is 11.7 Å². The zero-order chi connectivity index (χ0) is 18.6. The van der Waals surface area contributed by atoms with Crippen LogP contribution in [0.25, 0.3) is 0 Å². The maximum absolute atomic E-state index is 12.8. The Hall–Kier alpha value is -2.29. The van der Waals surface area contributed by atoms with Crippen LogP contribution in [0.15, 0.2) is 18.6 Å². The van der Waals surface area contributed by atoms with E-state index in [2.05, 4.69) is 20.3 Å². The van der Waals surface area contributed by atoms with Crippen molar-refractivity contribution in [2.75, 3.05) is 29.9 Å². The lowest BCUT2D eigenvalue weighted by molar-refractivity contribution is 0.563. The van der Waals surface area contributed by atoms with Crippen molar-refractivity contribution >= 4 is 21.7 Å². The first kappa shape index (κ1) is 16.9. The number of hydrogen-bond donors (Lipinski definition) is 1. The Labute approximate surface area is 158 Å². The minimum atomic E-state index is -3.25. The van der Waals surface area contributed by atoms with E-state index >= 15 is 0 Å². The Morgan fingerprint density at radius 3 is 2.67 bits per heavy atom. The standard InChI is InChI=1S/C18H22N6O2S/c1-11-4-21-18(22-5-11)24-8-14-15(9-24)27(25,26)10-13-7-20-17(23-16(13)14)19-6-12-2-3-12/h4-5,7,12,14-15H,2-3,6,8-10H2,1H3,(H,19,20,23)/t14-,15+/m1/s1. The molecular weight excluding hydrogens is 364 g/mol. The highest BCUT2D eigenvalue weighted by molar-refractivity contribution is 7.91. The number of fused-ring (bicyclic) bond motifs is 3. The third-order valence-electron chi connectivity index (χ3n) is 5.63. The van der Waals surface area contributed by atoms with Gasteiger partial charge < -0.3 is 10.2 Å². The van der Waals surface area contributed by atoms with Crippen molar-refractivity contribution in [3.8, 4) is 0 Å². The number of aryl methyl sites for hydroxylation is 1. The van der Waals surface area contributed by atoms with Gasteiger partial charge in [-0.25, -0.2) is 28.4 Å². The molecule has 1 aliphatic carbocycles. The lowest BCUT2D eigenvalue weighted by Crippen LogP contribution is -2.35. The molecular formula is C18H22N6O2S. The van der Waals surface area contributed by atoms with Gasteiger partial charge in [0.05, 0.1) is 16.7 Å². The summed E-state index contributed by atoms with van der Waals surface area (Å²) in [7, 11) is -3.25. The quantitative estimate of drug-likeness (QED) is 0.839. The highest BCUT2D eigenvalue weighted by Gasteiger charge is 2.48. The minimum Gasteiger partial charge on any atom is -0.354 e. The topological polar surface area (TPSA) is 101 Å². The molecule has 5 rings (SSSR count). The number of anilines is 2. The van der Waals surface area contributed by atoms with Gasteiger partial charge >= 0.3 is 0 Å². The fourth-order valence-electron chi connectivity index (χ4n) is 3.93. The Balaban J connectivity index is 1.46. The van der Waals surface area contributed by atoms with Crippen molar-refractivity contribution in [2.45, 2.75) is 36.7 Å². The Morgan fingerprint density at radius 2 is 1.93 bits per heavy atom. The minimum absolute atomic E-state index is 0.00893. The Bertz CT molecular complexity index is 974. The van der Waals surface area contributed by atoms with Gasteiger partial charge in [0.25, 0.3) is 0 Å². The Kier molecular flexibility index (Phi) is 3.82. The van der Waals surface area contributed by atoms with Gasteiger partial charge in [0.15, 0.2) is 9.84 Å². The molecule has 0 spiro atoms. The van der Waals surface area contributed by atoms with Crippen LogP contribution in [0.1, 0.15) is 35.6 Å². The number of rotatable bonds is 4. The van der Waals surface area contributed by atoms with Crippen LogP contribution >= 0.6 is 0 Å². The molecule has 4 heterocycles. The number of nitrogens with zero attached hydrogens (tertiary/aromatic N) is 5. The van der Waals surface area contributed by atoms with Crippen LogP contribution in [0.5, 0.6) is 0 Å². The van der Waals surface area contributed by atoms with Crippen molar-refractivity contribution in [3.63, 3.8) is 0 Å². The van der Waals surface area contributed by atoms with Crippen LogP contribution in [-0.4, -0.2) is 53.2 Å². The molecule has 0 bridgehead atoms. The van der Waals surface area contributed by atoms with Crippen LogP contribution in [0.3, 0.4) is 0 Å². The molecule has 1 saturated carbocycles. The smallest absolute Gasteiger partial charge is 0.225 e. The zero-order valence-corrected chi connectivity index (χ0v) is 16.0. The molecule has 27 heavy (non-hydrogen) atoms. The van der Waals surface area contributed by atoms with Gasteiger partial charge in [-0.05, 0) is 31.2 Å². The monoisotopic (exact) mass is 386 g/mol. The van der Waals surface area contributed by atoms with Gasteiger partial charge in [0, 0.05) is 49.7 Å². The molecule has 2 aliphatic heterocycles. The summed E-state index contributed by atoms with van der Waals surface area (Å²) in [6.45, 7) is 3.78. The molecule has 2 aromatic heterocycles. The SMILES string of the molecule is Cc1cnc(N2C[C@H]3c4nc(NCC5CC5)ncc4CS(=O)(=O)[C@H]3C2)nc1. The van der Waals surface area contributed by atoms with E-state index in [0.29, 0.717) is 25.0 Å². The van der Waals surface area contributed by atoms with Crippen LogP contribution in [0.2, 0.25) is 0 Å². The van der Waals surface area contributed by atoms with Crippen molar-refractivity contribution in [3.05, 3.63) is 35.4 Å². The van der Waals surface area contributed by atoms with Gasteiger partial charge in [-0.1, -0.05) is 0 Å². The predicted molar refractivity (Wildman–Crippen MR) is 101 cm³/mol. The molecule has 8 nitrogen and oxygen atoms in total. The van der Waals surface area contributed by atoms with Crippen LogP contribution in [0, 0.1) is 12.8 Å². The first-order valence-corrected chi connectivity index (χ1v) is 11.1. The van der Waals surface area contributed by atoms with E-state index in [4.69, 9.17) is 4.98 Å². The molecule has 2 aromatic rings. The number of sulfone groups is 1. The largest absolute Gasteiger partial charge is 0.354 e. The van der Waals surface area contributed by atoms with Crippen molar-refractivity contribution in [1.82, 2.24) is 19.9 Å². The Morgan fingerprint density at radius 1 is 1.15 bits per heavy atom. The van der Waals surface area contributed by atoms with Gasteiger partial charge in [-0.15, -0.1) is 0 Å². The van der Waals surface area contributed by atoms with E-state index in [0.717, 1.165) is 29.3 Å². The summed E-state index contributed by atoms with van der Waals surface area (Å²) >= 11 is 0. The molecule has 142 valence electrons. The summed E-state index contributed by atoms with van der Waals surface area (Å²) < 4.78 is 25.7. The van der Waals surface area contributed by atoms with Gasteiger partial charge in [0.1, 0.15) is 0 Å². The lowest BCUT2D eigenvalue weighted by atomic mass is 10.00. The summed E-state index contributed by atoms with van der Waals surface area (Å²) in [6, 6.07) is 0. The normalized spacial score (nSPS) is 25.7. The first-order valence-electron chi connectivity index (χ1n) is 9.34. The number of aromatic nitrogens is 4. The van der Waals surface area contributed by atoms with Gasteiger partial charge in [0.2, 0.25) is 11.9 Å². The molecule has 2 atom stereocenters. The number of nitrogens with one attached hydrogen (secondary N) is 1. The van der Waals surface area contributed by atoms with E-state index in [9.17, 15) is 8.42 Å². The van der Waals surface area contributed by atoms with E-state index in [1.54, 1.807) is 18.6 Å². The molecule has 9 heteroatoms. The second-order valence-corrected chi connectivity index (χ2v) is 10.1. The molecule has 2 fully saturated rings. The molecule has 3 aliphatic rings. The molecule has 1 saturated heterocycles. The maximum atomic E-state index is 12.8. The fourth-order valence-corrected chi connectivity index (χ4v) is 5.92. The first-order chi connectivity index (χ1) is 13.0. The average molecular weight is 386 g/mol. The zero-order valence-electron chi connectivity index (χ0n) is 15.2. The molecule has 0 amide bonds. The van der Waals surface area contributed by atoms with Crippen molar-refractivity contribution < 1.29 is 8.42 Å². The second-order valence-electron chi connectivity index (χ2n) is 7.85.